The number of piperidine rings is 1. The predicted molar refractivity (Wildman–Crippen MR) is 67.5 cm³/mol. The van der Waals surface area contributed by atoms with Gasteiger partial charge in [-0.2, -0.15) is 0 Å². The van der Waals surface area contributed by atoms with Gasteiger partial charge in [-0.05, 0) is 32.6 Å². The maximum Gasteiger partial charge on any atom is 0.0564 e. The molecule has 1 saturated carbocycles. The van der Waals surface area contributed by atoms with E-state index in [0.29, 0.717) is 5.54 Å². The summed E-state index contributed by atoms with van der Waals surface area (Å²) in [5.41, 5.74) is 0.431. The highest BCUT2D eigenvalue weighted by atomic mass is 16.3. The van der Waals surface area contributed by atoms with Crippen molar-refractivity contribution in [1.29, 1.82) is 0 Å². The number of rotatable bonds is 1. The van der Waals surface area contributed by atoms with Crippen LogP contribution >= 0.6 is 0 Å². The zero-order chi connectivity index (χ0) is 11.4. The zero-order valence-corrected chi connectivity index (χ0v) is 10.7. The quantitative estimate of drug-likeness (QED) is 0.741. The van der Waals surface area contributed by atoms with Crippen LogP contribution < -0.4 is 0 Å². The van der Waals surface area contributed by atoms with Gasteiger partial charge >= 0.3 is 0 Å². The fraction of sp³-hybridized carbons (Fsp3) is 1.00. The third kappa shape index (κ3) is 2.98. The number of aliphatic hydroxyl groups excluding tert-OH is 1. The summed E-state index contributed by atoms with van der Waals surface area (Å²) in [6.45, 7) is 4.67. The maximum atomic E-state index is 9.58. The second-order valence-corrected chi connectivity index (χ2v) is 5.98. The SMILES string of the molecule is CC1(N2CCC(O)CC2)CCCCCCC1. The van der Waals surface area contributed by atoms with Gasteiger partial charge in [0.2, 0.25) is 0 Å². The third-order valence-corrected chi connectivity index (χ3v) is 4.66. The second kappa shape index (κ2) is 5.50. The van der Waals surface area contributed by atoms with Gasteiger partial charge < -0.3 is 5.11 Å². The molecule has 16 heavy (non-hydrogen) atoms. The van der Waals surface area contributed by atoms with Crippen LogP contribution in [0.1, 0.15) is 64.7 Å². The molecule has 2 rings (SSSR count). The van der Waals surface area contributed by atoms with Gasteiger partial charge in [0.15, 0.2) is 0 Å². The molecule has 2 aliphatic rings. The van der Waals surface area contributed by atoms with Crippen molar-refractivity contribution in [3.63, 3.8) is 0 Å². The Labute approximate surface area is 100 Å². The Bertz CT molecular complexity index is 201. The molecule has 2 nitrogen and oxygen atoms in total. The molecule has 2 heteroatoms. The number of nitrogens with zero attached hydrogens (tertiary/aromatic N) is 1. The lowest BCUT2D eigenvalue weighted by molar-refractivity contribution is 0.0103. The Morgan fingerprint density at radius 1 is 0.938 bits per heavy atom. The van der Waals surface area contributed by atoms with Crippen LogP contribution in [0.25, 0.3) is 0 Å². The number of likely N-dealkylation sites (tertiary alicyclic amines) is 1. The monoisotopic (exact) mass is 225 g/mol. The summed E-state index contributed by atoms with van der Waals surface area (Å²) in [5.74, 6) is 0. The van der Waals surface area contributed by atoms with Gasteiger partial charge in [-0.25, -0.2) is 0 Å². The Hall–Kier alpha value is -0.0800. The van der Waals surface area contributed by atoms with Gasteiger partial charge in [-0.3, -0.25) is 4.90 Å². The van der Waals surface area contributed by atoms with E-state index in [-0.39, 0.29) is 6.10 Å². The largest absolute Gasteiger partial charge is 0.393 e. The van der Waals surface area contributed by atoms with E-state index in [0.717, 1.165) is 25.9 Å². The van der Waals surface area contributed by atoms with E-state index >= 15 is 0 Å². The minimum absolute atomic E-state index is 0.0339. The highest BCUT2D eigenvalue weighted by molar-refractivity contribution is 4.89. The molecule has 2 fully saturated rings. The van der Waals surface area contributed by atoms with Crippen molar-refractivity contribution in [2.75, 3.05) is 13.1 Å². The number of hydrogen-bond donors (Lipinski definition) is 1. The minimum atomic E-state index is -0.0339. The summed E-state index contributed by atoms with van der Waals surface area (Å²) in [6, 6.07) is 0. The summed E-state index contributed by atoms with van der Waals surface area (Å²) in [7, 11) is 0. The summed E-state index contributed by atoms with van der Waals surface area (Å²) >= 11 is 0. The van der Waals surface area contributed by atoms with Gasteiger partial charge in [0.25, 0.3) is 0 Å². The maximum absolute atomic E-state index is 9.58. The molecule has 94 valence electrons. The fourth-order valence-corrected chi connectivity index (χ4v) is 3.39. The number of hydrogen-bond acceptors (Lipinski definition) is 2. The topological polar surface area (TPSA) is 23.5 Å². The molecule has 0 aromatic rings. The molecule has 1 saturated heterocycles. The second-order valence-electron chi connectivity index (χ2n) is 5.98. The molecular formula is C14H27NO. The summed E-state index contributed by atoms with van der Waals surface area (Å²) in [6.07, 6.45) is 11.7. The molecule has 0 radical (unpaired) electrons. The van der Waals surface area contributed by atoms with Crippen molar-refractivity contribution in [3.8, 4) is 0 Å². The first-order chi connectivity index (χ1) is 7.71. The Morgan fingerprint density at radius 2 is 1.44 bits per heavy atom. The normalized spacial score (nSPS) is 29.6. The van der Waals surface area contributed by atoms with E-state index in [1.165, 1.54) is 44.9 Å². The molecule has 0 aromatic heterocycles. The first-order valence-electron chi connectivity index (χ1n) is 7.14. The smallest absolute Gasteiger partial charge is 0.0564 e. The van der Waals surface area contributed by atoms with Crippen LogP contribution in [0.5, 0.6) is 0 Å². The molecule has 0 unspecified atom stereocenters. The van der Waals surface area contributed by atoms with Gasteiger partial charge in [0.05, 0.1) is 6.10 Å². The van der Waals surface area contributed by atoms with Crippen LogP contribution in [-0.2, 0) is 0 Å². The average Bonchev–Trinajstić information content (AvgIpc) is 2.25. The van der Waals surface area contributed by atoms with Crippen LogP contribution in [0.4, 0.5) is 0 Å². The van der Waals surface area contributed by atoms with E-state index in [2.05, 4.69) is 11.8 Å². The lowest BCUT2D eigenvalue weighted by Gasteiger charge is -2.45. The molecule has 1 N–H and O–H groups in total. The molecule has 0 atom stereocenters. The van der Waals surface area contributed by atoms with Crippen molar-refractivity contribution in [2.24, 2.45) is 0 Å². The van der Waals surface area contributed by atoms with E-state index in [1.807, 2.05) is 0 Å². The van der Waals surface area contributed by atoms with Crippen molar-refractivity contribution >= 4 is 0 Å². The van der Waals surface area contributed by atoms with Crippen LogP contribution in [0.15, 0.2) is 0 Å². The van der Waals surface area contributed by atoms with Crippen LogP contribution in [0, 0.1) is 0 Å². The summed E-state index contributed by atoms with van der Waals surface area (Å²) in [4.78, 5) is 2.66. The molecular weight excluding hydrogens is 198 g/mol. The number of aliphatic hydroxyl groups is 1. The standard InChI is InChI=1S/C14H27NO/c1-14(9-5-3-2-4-6-10-14)15-11-7-13(16)8-12-15/h13,16H,2-12H2,1H3. The van der Waals surface area contributed by atoms with Gasteiger partial charge in [-0.1, -0.05) is 32.1 Å². The average molecular weight is 225 g/mol. The van der Waals surface area contributed by atoms with Gasteiger partial charge in [-0.15, -0.1) is 0 Å². The fourth-order valence-electron chi connectivity index (χ4n) is 3.39. The zero-order valence-electron chi connectivity index (χ0n) is 10.7. The van der Waals surface area contributed by atoms with E-state index < -0.39 is 0 Å². The van der Waals surface area contributed by atoms with Crippen LogP contribution in [-0.4, -0.2) is 34.7 Å². The molecule has 0 spiro atoms. The molecule has 1 aliphatic heterocycles. The molecule has 1 aliphatic carbocycles. The first-order valence-corrected chi connectivity index (χ1v) is 7.14. The Balaban J connectivity index is 1.92. The summed E-state index contributed by atoms with van der Waals surface area (Å²) in [5, 5.41) is 9.58. The molecule has 0 amide bonds. The Morgan fingerprint density at radius 3 is 2.00 bits per heavy atom. The van der Waals surface area contributed by atoms with Crippen molar-refractivity contribution in [1.82, 2.24) is 4.90 Å². The minimum Gasteiger partial charge on any atom is -0.393 e. The lowest BCUT2D eigenvalue weighted by atomic mass is 9.83. The molecule has 1 heterocycles. The predicted octanol–water partition coefficient (Wildman–Crippen LogP) is 2.95. The van der Waals surface area contributed by atoms with Gasteiger partial charge in [0, 0.05) is 18.6 Å². The molecule has 0 aromatic carbocycles. The van der Waals surface area contributed by atoms with Gasteiger partial charge in [0.1, 0.15) is 0 Å². The molecule has 0 bridgehead atoms. The van der Waals surface area contributed by atoms with Crippen LogP contribution in [0.3, 0.4) is 0 Å². The Kier molecular flexibility index (Phi) is 4.26. The first kappa shape index (κ1) is 12.4. The highest BCUT2D eigenvalue weighted by Crippen LogP contribution is 2.33. The van der Waals surface area contributed by atoms with E-state index in [9.17, 15) is 5.11 Å². The highest BCUT2D eigenvalue weighted by Gasteiger charge is 2.33. The third-order valence-electron chi connectivity index (χ3n) is 4.66. The van der Waals surface area contributed by atoms with Crippen molar-refractivity contribution < 1.29 is 5.11 Å². The van der Waals surface area contributed by atoms with E-state index in [1.54, 1.807) is 0 Å². The lowest BCUT2D eigenvalue weighted by Crippen LogP contribution is -2.51. The summed E-state index contributed by atoms with van der Waals surface area (Å²) < 4.78 is 0. The van der Waals surface area contributed by atoms with Crippen LogP contribution in [0.2, 0.25) is 0 Å². The van der Waals surface area contributed by atoms with Crippen molar-refractivity contribution in [2.45, 2.75) is 76.4 Å². The van der Waals surface area contributed by atoms with E-state index in [4.69, 9.17) is 0 Å². The van der Waals surface area contributed by atoms with Crippen molar-refractivity contribution in [3.05, 3.63) is 0 Å².